The molecule has 0 atom stereocenters. The quantitative estimate of drug-likeness (QED) is 0.813. The largest absolute Gasteiger partial charge is 0.433 e. The lowest BCUT2D eigenvalue weighted by molar-refractivity contribution is -0.142. The number of amides is 1. The molecule has 0 saturated carbocycles. The third-order valence-electron chi connectivity index (χ3n) is 3.99. The molecule has 0 unspecified atom stereocenters. The minimum atomic E-state index is -4.50. The van der Waals surface area contributed by atoms with Crippen molar-refractivity contribution in [1.82, 2.24) is 14.9 Å². The van der Waals surface area contributed by atoms with Crippen LogP contribution in [0, 0.1) is 12.8 Å². The Labute approximate surface area is 131 Å². The van der Waals surface area contributed by atoms with Gasteiger partial charge in [0.15, 0.2) is 0 Å². The van der Waals surface area contributed by atoms with Gasteiger partial charge >= 0.3 is 6.18 Å². The smallest absolute Gasteiger partial charge is 0.378 e. The topological polar surface area (TPSA) is 58.6 Å². The summed E-state index contributed by atoms with van der Waals surface area (Å²) in [6.07, 6.45) is -4.50. The fourth-order valence-electron chi connectivity index (χ4n) is 2.72. The number of ether oxygens (including phenoxy) is 1. The van der Waals surface area contributed by atoms with Crippen LogP contribution < -0.4 is 4.90 Å². The zero-order valence-electron chi connectivity index (χ0n) is 12.6. The van der Waals surface area contributed by atoms with Crippen molar-refractivity contribution in [2.24, 2.45) is 5.92 Å². The Morgan fingerprint density at radius 3 is 2.52 bits per heavy atom. The minimum Gasteiger partial charge on any atom is -0.378 e. The van der Waals surface area contributed by atoms with Crippen LogP contribution in [-0.4, -0.2) is 60.2 Å². The van der Waals surface area contributed by atoms with Crippen LogP contribution in [0.3, 0.4) is 0 Å². The SMILES string of the molecule is Cc1nc(N2CC(C(=O)N3CCOCC3)C2)cc(C(F)(F)F)n1. The van der Waals surface area contributed by atoms with Crippen molar-refractivity contribution in [3.8, 4) is 0 Å². The first-order valence-electron chi connectivity index (χ1n) is 7.39. The molecule has 0 aliphatic carbocycles. The van der Waals surface area contributed by atoms with Crippen molar-refractivity contribution in [2.45, 2.75) is 13.1 Å². The molecule has 3 heterocycles. The molecule has 1 aromatic heterocycles. The summed E-state index contributed by atoms with van der Waals surface area (Å²) in [5.41, 5.74) is -0.956. The van der Waals surface area contributed by atoms with Crippen LogP contribution in [0.2, 0.25) is 0 Å². The van der Waals surface area contributed by atoms with Gasteiger partial charge in [-0.25, -0.2) is 9.97 Å². The van der Waals surface area contributed by atoms with E-state index in [-0.39, 0.29) is 23.5 Å². The minimum absolute atomic E-state index is 0.0337. The number of hydrogen-bond donors (Lipinski definition) is 0. The summed E-state index contributed by atoms with van der Waals surface area (Å²) in [4.78, 5) is 23.2. The van der Waals surface area contributed by atoms with E-state index in [0.29, 0.717) is 39.4 Å². The molecule has 2 fully saturated rings. The Kier molecular flexibility index (Phi) is 4.13. The highest BCUT2D eigenvalue weighted by Gasteiger charge is 2.38. The predicted octanol–water partition coefficient (Wildman–Crippen LogP) is 1.10. The molecule has 0 N–H and O–H groups in total. The zero-order chi connectivity index (χ0) is 16.6. The molecule has 23 heavy (non-hydrogen) atoms. The number of hydrogen-bond acceptors (Lipinski definition) is 5. The van der Waals surface area contributed by atoms with Crippen LogP contribution >= 0.6 is 0 Å². The van der Waals surface area contributed by atoms with E-state index in [1.165, 1.54) is 6.92 Å². The molecule has 0 radical (unpaired) electrons. The van der Waals surface area contributed by atoms with Gasteiger partial charge in [-0.1, -0.05) is 0 Å². The Bertz CT molecular complexity index is 596. The first-order chi connectivity index (χ1) is 10.8. The molecule has 3 rings (SSSR count). The standard InChI is InChI=1S/C14H17F3N4O2/c1-9-18-11(14(15,16)17)6-12(19-9)21-7-10(8-21)13(22)20-2-4-23-5-3-20/h6,10H,2-5,7-8H2,1H3. The van der Waals surface area contributed by atoms with Crippen molar-refractivity contribution in [3.63, 3.8) is 0 Å². The van der Waals surface area contributed by atoms with Gasteiger partial charge in [-0.05, 0) is 6.92 Å². The van der Waals surface area contributed by atoms with Crippen LogP contribution in [-0.2, 0) is 15.7 Å². The first kappa shape index (κ1) is 16.0. The molecule has 0 bridgehead atoms. The van der Waals surface area contributed by atoms with Crippen LogP contribution in [0.4, 0.5) is 19.0 Å². The second-order valence-corrected chi connectivity index (χ2v) is 5.70. The third-order valence-corrected chi connectivity index (χ3v) is 3.99. The van der Waals surface area contributed by atoms with Gasteiger partial charge < -0.3 is 14.5 Å². The highest BCUT2D eigenvalue weighted by Crippen LogP contribution is 2.31. The first-order valence-corrected chi connectivity index (χ1v) is 7.39. The molecule has 2 aliphatic rings. The molecule has 1 amide bonds. The van der Waals surface area contributed by atoms with E-state index in [4.69, 9.17) is 4.74 Å². The molecule has 2 aliphatic heterocycles. The maximum absolute atomic E-state index is 12.8. The molecule has 6 nitrogen and oxygen atoms in total. The van der Waals surface area contributed by atoms with E-state index in [1.54, 1.807) is 9.80 Å². The maximum atomic E-state index is 12.8. The molecular formula is C14H17F3N4O2. The van der Waals surface area contributed by atoms with Gasteiger partial charge in [-0.3, -0.25) is 4.79 Å². The van der Waals surface area contributed by atoms with E-state index in [0.717, 1.165) is 6.07 Å². The number of morpholine rings is 1. The van der Waals surface area contributed by atoms with E-state index < -0.39 is 11.9 Å². The van der Waals surface area contributed by atoms with Crippen molar-refractivity contribution in [3.05, 3.63) is 17.6 Å². The number of alkyl halides is 3. The van der Waals surface area contributed by atoms with Gasteiger partial charge in [0.05, 0.1) is 19.1 Å². The van der Waals surface area contributed by atoms with Crippen molar-refractivity contribution < 1.29 is 22.7 Å². The molecular weight excluding hydrogens is 313 g/mol. The van der Waals surface area contributed by atoms with E-state index in [9.17, 15) is 18.0 Å². The summed E-state index contributed by atoms with van der Waals surface area (Å²) in [6, 6.07) is 0.933. The normalized spacial score (nSPS) is 19.7. The highest BCUT2D eigenvalue weighted by molar-refractivity contribution is 5.82. The lowest BCUT2D eigenvalue weighted by atomic mass is 9.98. The van der Waals surface area contributed by atoms with E-state index >= 15 is 0 Å². The van der Waals surface area contributed by atoms with Gasteiger partial charge in [0.2, 0.25) is 5.91 Å². The summed E-state index contributed by atoms with van der Waals surface area (Å²) in [6.45, 7) is 4.38. The summed E-state index contributed by atoms with van der Waals surface area (Å²) >= 11 is 0. The number of rotatable bonds is 2. The number of aromatic nitrogens is 2. The fraction of sp³-hybridized carbons (Fsp3) is 0.643. The van der Waals surface area contributed by atoms with E-state index in [2.05, 4.69) is 9.97 Å². The molecule has 1 aromatic rings. The average molecular weight is 330 g/mol. The molecule has 0 aromatic carbocycles. The Morgan fingerprint density at radius 2 is 1.91 bits per heavy atom. The zero-order valence-corrected chi connectivity index (χ0v) is 12.6. The number of anilines is 1. The van der Waals surface area contributed by atoms with Crippen LogP contribution in [0.25, 0.3) is 0 Å². The number of halogens is 3. The van der Waals surface area contributed by atoms with Crippen molar-refractivity contribution in [2.75, 3.05) is 44.3 Å². The highest BCUT2D eigenvalue weighted by atomic mass is 19.4. The monoisotopic (exact) mass is 330 g/mol. The second kappa shape index (κ2) is 5.95. The predicted molar refractivity (Wildman–Crippen MR) is 74.9 cm³/mol. The van der Waals surface area contributed by atoms with Crippen LogP contribution in [0.1, 0.15) is 11.5 Å². The number of carbonyl (C=O) groups is 1. The Balaban J connectivity index is 1.65. The number of aryl methyl sites for hydroxylation is 1. The number of carbonyl (C=O) groups excluding carboxylic acids is 1. The van der Waals surface area contributed by atoms with E-state index in [1.807, 2.05) is 0 Å². The Morgan fingerprint density at radius 1 is 1.26 bits per heavy atom. The molecule has 9 heteroatoms. The molecule has 0 spiro atoms. The number of nitrogens with zero attached hydrogens (tertiary/aromatic N) is 4. The molecule has 126 valence electrons. The van der Waals surface area contributed by atoms with Gasteiger partial charge in [-0.15, -0.1) is 0 Å². The molecule has 2 saturated heterocycles. The fourth-order valence-corrected chi connectivity index (χ4v) is 2.72. The lowest BCUT2D eigenvalue weighted by Crippen LogP contribution is -2.56. The van der Waals surface area contributed by atoms with Crippen LogP contribution in [0.15, 0.2) is 6.07 Å². The summed E-state index contributed by atoms with van der Waals surface area (Å²) in [7, 11) is 0. The van der Waals surface area contributed by atoms with Gasteiger partial charge in [-0.2, -0.15) is 13.2 Å². The van der Waals surface area contributed by atoms with Crippen molar-refractivity contribution >= 4 is 11.7 Å². The van der Waals surface area contributed by atoms with Crippen molar-refractivity contribution in [1.29, 1.82) is 0 Å². The second-order valence-electron chi connectivity index (χ2n) is 5.70. The summed E-state index contributed by atoms with van der Waals surface area (Å²) < 4.78 is 43.6. The van der Waals surface area contributed by atoms with Gasteiger partial charge in [0, 0.05) is 32.2 Å². The average Bonchev–Trinajstić information content (AvgIpc) is 2.45. The maximum Gasteiger partial charge on any atom is 0.433 e. The third kappa shape index (κ3) is 3.39. The van der Waals surface area contributed by atoms with Gasteiger partial charge in [0.1, 0.15) is 17.3 Å². The summed E-state index contributed by atoms with van der Waals surface area (Å²) in [5.74, 6) is 0.123. The van der Waals surface area contributed by atoms with Crippen LogP contribution in [0.5, 0.6) is 0 Å². The lowest BCUT2D eigenvalue weighted by Gasteiger charge is -2.42. The van der Waals surface area contributed by atoms with Gasteiger partial charge in [0.25, 0.3) is 0 Å². The Hall–Kier alpha value is -1.90. The summed E-state index contributed by atoms with van der Waals surface area (Å²) in [5, 5.41) is 0.